The lowest BCUT2D eigenvalue weighted by Gasteiger charge is -2.20. The molecule has 2 amide bonds. The Hall–Kier alpha value is -3.42. The van der Waals surface area contributed by atoms with Crippen molar-refractivity contribution in [3.8, 4) is 0 Å². The lowest BCUT2D eigenvalue weighted by atomic mass is 10.2. The normalized spacial score (nSPS) is 13.7. The molecule has 1 heterocycles. The molecule has 2 aromatic rings. The van der Waals surface area contributed by atoms with E-state index in [2.05, 4.69) is 10.6 Å². The first-order valence-corrected chi connectivity index (χ1v) is 8.22. The van der Waals surface area contributed by atoms with Crippen LogP contribution in [0.25, 0.3) is 0 Å². The number of nitrogens with one attached hydrogen (secondary N) is 2. The molecule has 3 rings (SSSR count). The van der Waals surface area contributed by atoms with Crippen LogP contribution >= 0.6 is 0 Å². The van der Waals surface area contributed by atoms with E-state index in [0.717, 1.165) is 17.7 Å². The molecule has 6 nitrogen and oxygen atoms in total. The van der Waals surface area contributed by atoms with E-state index in [4.69, 9.17) is 4.74 Å². The van der Waals surface area contributed by atoms with Crippen LogP contribution in [0.5, 0.6) is 0 Å². The molecule has 1 aliphatic heterocycles. The molecular weight excluding hydrogens is 356 g/mol. The SMILES string of the molecule is O=C1C=CN(c2c(F)cc(NC(=O)OCc3ccccc3)cc2F)CCN1. The van der Waals surface area contributed by atoms with Gasteiger partial charge in [0.25, 0.3) is 0 Å². The Morgan fingerprint density at radius 3 is 2.59 bits per heavy atom. The van der Waals surface area contributed by atoms with Crippen molar-refractivity contribution >= 4 is 23.4 Å². The van der Waals surface area contributed by atoms with Gasteiger partial charge in [-0.05, 0) is 17.7 Å². The number of rotatable bonds is 4. The van der Waals surface area contributed by atoms with Crippen molar-refractivity contribution in [1.29, 1.82) is 0 Å². The Balaban J connectivity index is 1.68. The molecule has 1 aliphatic rings. The number of anilines is 2. The second-order valence-electron chi connectivity index (χ2n) is 5.78. The van der Waals surface area contributed by atoms with Crippen molar-refractivity contribution in [3.05, 3.63) is 71.9 Å². The number of hydrogen-bond acceptors (Lipinski definition) is 4. The first kappa shape index (κ1) is 18.4. The van der Waals surface area contributed by atoms with Crippen molar-refractivity contribution in [2.75, 3.05) is 23.3 Å². The molecule has 140 valence electrons. The Morgan fingerprint density at radius 1 is 1.19 bits per heavy atom. The summed E-state index contributed by atoms with van der Waals surface area (Å²) in [6, 6.07) is 11.0. The Labute approximate surface area is 154 Å². The van der Waals surface area contributed by atoms with E-state index in [-0.39, 0.29) is 37.0 Å². The lowest BCUT2D eigenvalue weighted by molar-refractivity contribution is -0.116. The Bertz CT molecular complexity index is 849. The van der Waals surface area contributed by atoms with Gasteiger partial charge >= 0.3 is 6.09 Å². The van der Waals surface area contributed by atoms with Crippen molar-refractivity contribution in [2.45, 2.75) is 6.61 Å². The molecule has 0 saturated carbocycles. The molecule has 0 atom stereocenters. The molecule has 8 heteroatoms. The predicted molar refractivity (Wildman–Crippen MR) is 96.1 cm³/mol. The molecule has 0 fully saturated rings. The van der Waals surface area contributed by atoms with Gasteiger partial charge in [-0.2, -0.15) is 0 Å². The topological polar surface area (TPSA) is 70.7 Å². The molecule has 0 saturated heterocycles. The predicted octanol–water partition coefficient (Wildman–Crippen LogP) is 3.16. The summed E-state index contributed by atoms with van der Waals surface area (Å²) in [6.07, 6.45) is 1.68. The monoisotopic (exact) mass is 373 g/mol. The summed E-state index contributed by atoms with van der Waals surface area (Å²) >= 11 is 0. The average Bonchev–Trinajstić information content (AvgIpc) is 2.85. The molecular formula is C19H17F2N3O3. The maximum absolute atomic E-state index is 14.4. The van der Waals surface area contributed by atoms with Crippen LogP contribution in [-0.2, 0) is 16.1 Å². The van der Waals surface area contributed by atoms with Gasteiger partial charge < -0.3 is 15.0 Å². The first-order chi connectivity index (χ1) is 13.0. The van der Waals surface area contributed by atoms with Crippen LogP contribution in [-0.4, -0.2) is 25.1 Å². The van der Waals surface area contributed by atoms with E-state index in [9.17, 15) is 18.4 Å². The summed E-state index contributed by atoms with van der Waals surface area (Å²) in [5, 5.41) is 4.86. The van der Waals surface area contributed by atoms with Gasteiger partial charge in [-0.1, -0.05) is 30.3 Å². The van der Waals surface area contributed by atoms with Gasteiger partial charge in [0.2, 0.25) is 5.91 Å². The van der Waals surface area contributed by atoms with Crippen LogP contribution in [0.4, 0.5) is 25.0 Å². The van der Waals surface area contributed by atoms with Crippen molar-refractivity contribution in [1.82, 2.24) is 5.32 Å². The fourth-order valence-electron chi connectivity index (χ4n) is 2.57. The van der Waals surface area contributed by atoms with E-state index in [1.54, 1.807) is 24.3 Å². The summed E-state index contributed by atoms with van der Waals surface area (Å²) in [6.45, 7) is 0.494. The highest BCUT2D eigenvalue weighted by molar-refractivity contribution is 5.88. The summed E-state index contributed by atoms with van der Waals surface area (Å²) in [5.74, 6) is -2.07. The van der Waals surface area contributed by atoms with Gasteiger partial charge in [0.15, 0.2) is 11.6 Å². The van der Waals surface area contributed by atoms with Crippen molar-refractivity contribution in [3.63, 3.8) is 0 Å². The number of benzene rings is 2. The smallest absolute Gasteiger partial charge is 0.411 e. The van der Waals surface area contributed by atoms with Gasteiger partial charge in [-0.25, -0.2) is 13.6 Å². The molecule has 27 heavy (non-hydrogen) atoms. The Morgan fingerprint density at radius 2 is 1.89 bits per heavy atom. The quantitative estimate of drug-likeness (QED) is 0.864. The maximum atomic E-state index is 14.4. The number of ether oxygens (including phenoxy) is 1. The summed E-state index contributed by atoms with van der Waals surface area (Å²) < 4.78 is 33.9. The van der Waals surface area contributed by atoms with Crippen LogP contribution < -0.4 is 15.5 Å². The van der Waals surface area contributed by atoms with Crippen LogP contribution in [0.3, 0.4) is 0 Å². The molecule has 2 N–H and O–H groups in total. The van der Waals surface area contributed by atoms with E-state index >= 15 is 0 Å². The minimum absolute atomic E-state index is 0.0370. The van der Waals surface area contributed by atoms with Gasteiger partial charge in [0, 0.05) is 31.1 Å². The van der Waals surface area contributed by atoms with Gasteiger partial charge in [-0.15, -0.1) is 0 Å². The zero-order chi connectivity index (χ0) is 19.2. The van der Waals surface area contributed by atoms with E-state index < -0.39 is 17.7 Å². The fraction of sp³-hybridized carbons (Fsp3) is 0.158. The third kappa shape index (κ3) is 4.81. The summed E-state index contributed by atoms with van der Waals surface area (Å²) in [5.41, 5.74) is 0.419. The van der Waals surface area contributed by atoms with Gasteiger partial charge in [0.1, 0.15) is 12.3 Å². The standard InChI is InChI=1S/C19H17F2N3O3/c20-15-10-14(23-19(26)27-12-13-4-2-1-3-5-13)11-16(21)18(15)24-8-6-17(25)22-7-9-24/h1-6,8,10-11H,7,9,12H2,(H,22,25)(H,23,26). The minimum Gasteiger partial charge on any atom is -0.444 e. The highest BCUT2D eigenvalue weighted by Crippen LogP contribution is 2.28. The molecule has 0 radical (unpaired) electrons. The minimum atomic E-state index is -0.868. The van der Waals surface area contributed by atoms with Crippen molar-refractivity contribution in [2.24, 2.45) is 0 Å². The largest absolute Gasteiger partial charge is 0.444 e. The Kier molecular flexibility index (Phi) is 5.65. The number of amides is 2. The molecule has 0 bridgehead atoms. The molecule has 0 spiro atoms. The van der Waals surface area contributed by atoms with Crippen molar-refractivity contribution < 1.29 is 23.1 Å². The lowest BCUT2D eigenvalue weighted by Crippen LogP contribution is -2.28. The third-order valence-corrected chi connectivity index (χ3v) is 3.82. The number of nitrogens with zero attached hydrogens (tertiary/aromatic N) is 1. The van der Waals surface area contributed by atoms with Crippen LogP contribution in [0.1, 0.15) is 5.56 Å². The van der Waals surface area contributed by atoms with Crippen LogP contribution in [0.2, 0.25) is 0 Å². The molecule has 0 aromatic heterocycles. The maximum Gasteiger partial charge on any atom is 0.411 e. The number of carbonyl (C=O) groups is 2. The number of halogens is 2. The zero-order valence-electron chi connectivity index (χ0n) is 14.2. The highest BCUT2D eigenvalue weighted by atomic mass is 19.1. The second kappa shape index (κ2) is 8.31. The number of carbonyl (C=O) groups excluding carboxylic acids is 2. The van der Waals surface area contributed by atoms with E-state index in [0.29, 0.717) is 0 Å². The van der Waals surface area contributed by atoms with E-state index in [1.807, 2.05) is 6.07 Å². The molecule has 2 aromatic carbocycles. The van der Waals surface area contributed by atoms with Gasteiger partial charge in [-0.3, -0.25) is 10.1 Å². The number of hydrogen-bond donors (Lipinski definition) is 2. The summed E-state index contributed by atoms with van der Waals surface area (Å²) in [7, 11) is 0. The average molecular weight is 373 g/mol. The first-order valence-electron chi connectivity index (χ1n) is 8.22. The second-order valence-corrected chi connectivity index (χ2v) is 5.78. The highest BCUT2D eigenvalue weighted by Gasteiger charge is 2.19. The van der Waals surface area contributed by atoms with Crippen LogP contribution in [0.15, 0.2) is 54.7 Å². The molecule has 0 unspecified atom stereocenters. The van der Waals surface area contributed by atoms with E-state index in [1.165, 1.54) is 17.2 Å². The van der Waals surface area contributed by atoms with Gasteiger partial charge in [0.05, 0.1) is 0 Å². The molecule has 0 aliphatic carbocycles. The zero-order valence-corrected chi connectivity index (χ0v) is 14.2. The van der Waals surface area contributed by atoms with Crippen LogP contribution in [0, 0.1) is 11.6 Å². The summed E-state index contributed by atoms with van der Waals surface area (Å²) in [4.78, 5) is 24.4. The third-order valence-electron chi connectivity index (χ3n) is 3.82. The fourth-order valence-corrected chi connectivity index (χ4v) is 2.57.